The third-order valence-corrected chi connectivity index (χ3v) is 10.4. The number of ether oxygens (including phenoxy) is 2. The van der Waals surface area contributed by atoms with E-state index in [1.165, 1.54) is 37.5 Å². The van der Waals surface area contributed by atoms with Crippen molar-refractivity contribution in [2.45, 2.75) is 78.9 Å². The highest BCUT2D eigenvalue weighted by atomic mass is 28.2. The minimum Gasteiger partial charge on any atom is -0.497 e. The highest BCUT2D eigenvalue weighted by Gasteiger charge is 1.94. The summed E-state index contributed by atoms with van der Waals surface area (Å²) < 4.78 is 26.5. The van der Waals surface area contributed by atoms with E-state index in [0.29, 0.717) is 19.8 Å². The van der Waals surface area contributed by atoms with Crippen molar-refractivity contribution in [1.82, 2.24) is 26.6 Å². The van der Waals surface area contributed by atoms with Crippen LogP contribution in [0.5, 0.6) is 0 Å². The first-order valence-electron chi connectivity index (χ1n) is 19.8. The van der Waals surface area contributed by atoms with E-state index in [4.69, 9.17) is 57.4 Å². The van der Waals surface area contributed by atoms with Gasteiger partial charge in [-0.15, -0.1) is 26.3 Å². The smallest absolute Gasteiger partial charge is 0.167 e. The molecule has 0 aliphatic heterocycles. The fraction of sp³-hybridized carbons (Fsp3) is 0.829. The molecule has 0 aromatic carbocycles. The molecule has 0 aliphatic carbocycles. The van der Waals surface area contributed by atoms with Gasteiger partial charge >= 0.3 is 0 Å². The highest BCUT2D eigenvalue weighted by Crippen LogP contribution is 1.92. The Morgan fingerprint density at radius 3 is 1.33 bits per heavy atom. The molecule has 0 aromatic rings. The van der Waals surface area contributed by atoms with E-state index in [0.717, 1.165) is 104 Å². The zero-order chi connectivity index (χ0) is 45.0. The summed E-state index contributed by atoms with van der Waals surface area (Å²) in [5.41, 5.74) is 0. The second-order valence-corrected chi connectivity index (χ2v) is 14.6. The number of hydrogen-bond donors (Lipinski definition) is 5. The second kappa shape index (κ2) is 99.6. The van der Waals surface area contributed by atoms with Crippen molar-refractivity contribution in [1.29, 1.82) is 0 Å². The van der Waals surface area contributed by atoms with Gasteiger partial charge in [0, 0.05) is 88.9 Å². The number of likely N-dealkylation sites (N-methyl/N-ethyl adjacent to an activating group) is 2. The lowest BCUT2D eigenvalue weighted by Gasteiger charge is -2.06. The summed E-state index contributed by atoms with van der Waals surface area (Å²) in [6.45, 7) is 39.6. The summed E-state index contributed by atoms with van der Waals surface area (Å²) in [6.07, 6.45) is 6.27. The average Bonchev–Trinajstić information content (AvgIpc) is 3.27. The van der Waals surface area contributed by atoms with Crippen molar-refractivity contribution in [3.8, 4) is 0 Å². The molecular formula is C35H85N5O14Si3. The maximum absolute atomic E-state index is 7.00. The fourth-order valence-corrected chi connectivity index (χ4v) is 6.22. The molecule has 0 aromatic heterocycles. The van der Waals surface area contributed by atoms with Crippen molar-refractivity contribution in [3.05, 3.63) is 68.6 Å². The van der Waals surface area contributed by atoms with Gasteiger partial charge in [0.2, 0.25) is 0 Å². The third kappa shape index (κ3) is 113. The number of rotatable bonds is 37. The third-order valence-electron chi connectivity index (χ3n) is 5.93. The molecular weight excluding hydrogens is 799 g/mol. The van der Waals surface area contributed by atoms with Crippen LogP contribution in [0.3, 0.4) is 0 Å². The quantitative estimate of drug-likeness (QED) is 0.0151. The van der Waals surface area contributed by atoms with Gasteiger partial charge in [0.25, 0.3) is 0 Å². The van der Waals surface area contributed by atoms with Gasteiger partial charge in [0.1, 0.15) is 12.9 Å². The van der Waals surface area contributed by atoms with Crippen LogP contribution in [0.1, 0.15) is 60.8 Å². The molecule has 0 heterocycles. The summed E-state index contributed by atoms with van der Waals surface area (Å²) in [6, 6.07) is 3.77. The van der Waals surface area contributed by atoms with Crippen LogP contribution in [0, 0.1) is 29.8 Å². The molecule has 22 heteroatoms. The SMILES string of the molecule is C=C.C=C.CCNCCC[SiH2]OCC.CCNCCNCCNCCC[SiH2]OCC.CCNCCO/C=C/OOOCCOCCC[SiH2]OCC.O=O.O=O.O=O. The van der Waals surface area contributed by atoms with Gasteiger partial charge in [0.15, 0.2) is 35.6 Å². The van der Waals surface area contributed by atoms with Crippen LogP contribution in [0.25, 0.3) is 0 Å². The van der Waals surface area contributed by atoms with Gasteiger partial charge in [-0.1, -0.05) is 20.8 Å². The largest absolute Gasteiger partial charge is 0.497 e. The Morgan fingerprint density at radius 2 is 0.860 bits per heavy atom. The van der Waals surface area contributed by atoms with Crippen molar-refractivity contribution < 1.29 is 37.6 Å². The molecule has 0 unspecified atom stereocenters. The average molecular weight is 884 g/mol. The van der Waals surface area contributed by atoms with E-state index in [-0.39, 0.29) is 29.3 Å². The minimum atomic E-state index is -0.331. The molecule has 346 valence electrons. The first-order chi connectivity index (χ1) is 28.2. The lowest BCUT2D eigenvalue weighted by Crippen LogP contribution is -2.32. The van der Waals surface area contributed by atoms with Gasteiger partial charge in [-0.3, -0.25) is 0 Å². The second-order valence-electron chi connectivity index (χ2n) is 10.0. The molecule has 57 heavy (non-hydrogen) atoms. The maximum atomic E-state index is 7.00. The molecule has 0 rings (SSSR count). The Morgan fingerprint density at radius 1 is 0.456 bits per heavy atom. The predicted octanol–water partition coefficient (Wildman–Crippen LogP) is 2.94. The lowest BCUT2D eigenvalue weighted by molar-refractivity contribution is -0.491. The van der Waals surface area contributed by atoms with Crippen molar-refractivity contribution in [2.75, 3.05) is 112 Å². The molecule has 0 saturated heterocycles. The molecule has 19 nitrogen and oxygen atoms in total. The van der Waals surface area contributed by atoms with E-state index in [9.17, 15) is 0 Å². The Balaban J connectivity index is -0.0000000983. The Labute approximate surface area is 352 Å². The minimum absolute atomic E-state index is 0.157. The number of hydrogen-bond acceptors (Lipinski definition) is 19. The van der Waals surface area contributed by atoms with E-state index in [1.54, 1.807) is 0 Å². The molecule has 0 bridgehead atoms. The topological polar surface area (TPSA) is 236 Å². The summed E-state index contributed by atoms with van der Waals surface area (Å²) >= 11 is 0. The lowest BCUT2D eigenvalue weighted by atomic mass is 10.4. The van der Waals surface area contributed by atoms with E-state index >= 15 is 0 Å². The summed E-state index contributed by atoms with van der Waals surface area (Å²) in [7, 11) is -0.694. The predicted molar refractivity (Wildman–Crippen MR) is 247 cm³/mol. The van der Waals surface area contributed by atoms with Gasteiger partial charge in [-0.05, 0) is 95.9 Å². The van der Waals surface area contributed by atoms with Crippen molar-refractivity contribution >= 4 is 29.3 Å². The van der Waals surface area contributed by atoms with E-state index in [1.807, 2.05) is 13.8 Å². The van der Waals surface area contributed by atoms with Crippen LogP contribution >= 0.6 is 0 Å². The van der Waals surface area contributed by atoms with Gasteiger partial charge in [0.05, 0.1) is 13.2 Å². The number of nitrogens with one attached hydrogen (secondary N) is 5. The van der Waals surface area contributed by atoms with Crippen LogP contribution in [-0.4, -0.2) is 141 Å². The standard InChI is InChI=1S/C13H29NO6Si.C11H29N3OSi.C7H19NOSi.2C2H4.3O2/c1-3-14-6-8-16-10-12-18-20-17-11-9-15-7-5-13-21-19-4-2;1-3-12-7-8-14-10-9-13-6-5-11-16-15-4-2;1-3-8-6-5-7-10-9-4-2;5*1-2/h10,12,14H,3-9,11,13,21H2,1-2H3;12-14H,3-11,16H2,1-2H3;8H,3-7,10H2,1-2H3;2*1-2H2;;;/b12-10+;;;;;;;. The summed E-state index contributed by atoms with van der Waals surface area (Å²) in [4.78, 5) is 51.3. The fourth-order valence-electron chi connectivity index (χ4n) is 3.42. The van der Waals surface area contributed by atoms with Crippen LogP contribution in [0.4, 0.5) is 0 Å². The van der Waals surface area contributed by atoms with Gasteiger partial charge in [-0.25, -0.2) is 0 Å². The first-order valence-corrected chi connectivity index (χ1v) is 24.5. The van der Waals surface area contributed by atoms with Crippen LogP contribution in [0.2, 0.25) is 18.1 Å². The zero-order valence-electron chi connectivity index (χ0n) is 36.6. The monoisotopic (exact) mass is 884 g/mol. The summed E-state index contributed by atoms with van der Waals surface area (Å²) in [5.74, 6) is 0. The van der Waals surface area contributed by atoms with Crippen molar-refractivity contribution in [2.24, 2.45) is 0 Å². The van der Waals surface area contributed by atoms with Crippen LogP contribution in [-0.2, 0) is 37.6 Å². The Bertz CT molecular complexity index is 596. The highest BCUT2D eigenvalue weighted by molar-refractivity contribution is 6.27. The van der Waals surface area contributed by atoms with Gasteiger partial charge < -0.3 is 54.2 Å². The van der Waals surface area contributed by atoms with Gasteiger partial charge in [-0.2, -0.15) is 4.89 Å². The zero-order valence-corrected chi connectivity index (χ0v) is 40.8. The molecule has 0 amide bonds. The van der Waals surface area contributed by atoms with Crippen molar-refractivity contribution in [3.63, 3.8) is 0 Å². The molecule has 0 spiro atoms. The molecule has 0 saturated carbocycles. The molecule has 0 aliphatic rings. The first kappa shape index (κ1) is 72.4. The molecule has 0 radical (unpaired) electrons. The normalized spacial score (nSPS) is 9.93. The van der Waals surface area contributed by atoms with E-state index in [2.05, 4.69) is 90.5 Å². The van der Waals surface area contributed by atoms with Crippen LogP contribution < -0.4 is 26.6 Å². The van der Waals surface area contributed by atoms with Crippen LogP contribution in [0.15, 0.2) is 38.8 Å². The molecule has 0 fully saturated rings. The Kier molecular flexibility index (Phi) is 127. The maximum Gasteiger partial charge on any atom is 0.167 e. The van der Waals surface area contributed by atoms with E-state index < -0.39 is 0 Å². The molecule has 5 N–H and O–H groups in total. The Hall–Kier alpha value is -2.17. The summed E-state index contributed by atoms with van der Waals surface area (Å²) in [5, 5.41) is 21.0. The molecule has 0 atom stereocenters.